The van der Waals surface area contributed by atoms with Gasteiger partial charge < -0.3 is 16.4 Å². The third-order valence-electron chi connectivity index (χ3n) is 4.14. The van der Waals surface area contributed by atoms with E-state index in [0.717, 1.165) is 30.6 Å². The summed E-state index contributed by atoms with van der Waals surface area (Å²) in [4.78, 5) is 36.0. The molecule has 0 aromatic carbocycles. The molecule has 0 aromatic heterocycles. The predicted molar refractivity (Wildman–Crippen MR) is 79.9 cm³/mol. The van der Waals surface area contributed by atoms with E-state index in [1.165, 1.54) is 0 Å². The number of carbonyl (C=O) groups is 3. The van der Waals surface area contributed by atoms with Crippen LogP contribution in [0.5, 0.6) is 0 Å². The van der Waals surface area contributed by atoms with Crippen molar-refractivity contribution < 1.29 is 14.4 Å². The number of imide groups is 1. The molecule has 4 N–H and O–H groups in total. The standard InChI is InChI=1S/C13H22N4O3.ClH/c1-13(14)5-3-2-4-9(13)11(19)15-6-7-17-10(18)8-16-12(17)20;/h9H,2-8,14H2,1H3,(H,15,19)(H,16,20);1H. The lowest BCUT2D eigenvalue weighted by molar-refractivity contribution is -0.129. The summed E-state index contributed by atoms with van der Waals surface area (Å²) >= 11 is 0. The molecule has 1 heterocycles. The van der Waals surface area contributed by atoms with Crippen molar-refractivity contribution in [1.82, 2.24) is 15.5 Å². The van der Waals surface area contributed by atoms with Gasteiger partial charge in [0.15, 0.2) is 0 Å². The molecule has 2 rings (SSSR count). The molecular weight excluding hydrogens is 296 g/mol. The van der Waals surface area contributed by atoms with Crippen LogP contribution in [0.15, 0.2) is 0 Å². The van der Waals surface area contributed by atoms with Gasteiger partial charge in [-0.15, -0.1) is 12.4 Å². The van der Waals surface area contributed by atoms with Crippen molar-refractivity contribution in [2.45, 2.75) is 38.1 Å². The second-order valence-corrected chi connectivity index (χ2v) is 5.80. The maximum Gasteiger partial charge on any atom is 0.324 e. The Morgan fingerprint density at radius 1 is 1.48 bits per heavy atom. The van der Waals surface area contributed by atoms with Crippen molar-refractivity contribution in [2.75, 3.05) is 19.6 Å². The highest BCUT2D eigenvalue weighted by Crippen LogP contribution is 2.31. The number of hydrogen-bond donors (Lipinski definition) is 3. The first-order valence-corrected chi connectivity index (χ1v) is 7.06. The summed E-state index contributed by atoms with van der Waals surface area (Å²) < 4.78 is 0. The number of rotatable bonds is 4. The van der Waals surface area contributed by atoms with E-state index in [1.54, 1.807) is 0 Å². The number of urea groups is 1. The fourth-order valence-corrected chi connectivity index (χ4v) is 2.88. The number of halogens is 1. The molecule has 1 aliphatic heterocycles. The van der Waals surface area contributed by atoms with Gasteiger partial charge in [0.1, 0.15) is 0 Å². The first-order chi connectivity index (χ1) is 9.42. The van der Waals surface area contributed by atoms with Crippen molar-refractivity contribution in [2.24, 2.45) is 11.7 Å². The molecule has 2 fully saturated rings. The lowest BCUT2D eigenvalue weighted by Crippen LogP contribution is -2.53. The molecule has 2 atom stereocenters. The quantitative estimate of drug-likeness (QED) is 0.634. The number of hydrogen-bond acceptors (Lipinski definition) is 4. The van der Waals surface area contributed by atoms with Crippen LogP contribution in [-0.4, -0.2) is 47.9 Å². The molecule has 0 radical (unpaired) electrons. The van der Waals surface area contributed by atoms with Crippen LogP contribution in [0.2, 0.25) is 0 Å². The molecular formula is C13H23ClN4O3. The molecule has 1 aliphatic carbocycles. The Morgan fingerprint density at radius 2 is 2.19 bits per heavy atom. The molecule has 0 spiro atoms. The molecule has 7 nitrogen and oxygen atoms in total. The van der Waals surface area contributed by atoms with Gasteiger partial charge in [-0.1, -0.05) is 12.8 Å². The Balaban J connectivity index is 0.00000220. The zero-order valence-corrected chi connectivity index (χ0v) is 13.0. The number of amides is 4. The van der Waals surface area contributed by atoms with Crippen LogP contribution >= 0.6 is 12.4 Å². The Labute approximate surface area is 130 Å². The molecule has 1 saturated heterocycles. The van der Waals surface area contributed by atoms with Gasteiger partial charge in [-0.05, 0) is 19.8 Å². The third-order valence-corrected chi connectivity index (χ3v) is 4.14. The third kappa shape index (κ3) is 4.07. The second kappa shape index (κ2) is 7.09. The van der Waals surface area contributed by atoms with E-state index in [9.17, 15) is 14.4 Å². The number of nitrogens with zero attached hydrogens (tertiary/aromatic N) is 1. The molecule has 2 aliphatic rings. The van der Waals surface area contributed by atoms with Crippen molar-refractivity contribution in [3.63, 3.8) is 0 Å². The Kier molecular flexibility index (Phi) is 5.98. The summed E-state index contributed by atoms with van der Waals surface area (Å²) in [5.74, 6) is -0.535. The smallest absolute Gasteiger partial charge is 0.324 e. The van der Waals surface area contributed by atoms with Gasteiger partial charge in [0.05, 0.1) is 12.5 Å². The van der Waals surface area contributed by atoms with E-state index in [1.807, 2.05) is 6.92 Å². The van der Waals surface area contributed by atoms with E-state index in [2.05, 4.69) is 10.6 Å². The highest BCUT2D eigenvalue weighted by Gasteiger charge is 2.37. The van der Waals surface area contributed by atoms with Crippen LogP contribution in [0.1, 0.15) is 32.6 Å². The molecule has 1 saturated carbocycles. The average Bonchev–Trinajstić information content (AvgIpc) is 2.69. The van der Waals surface area contributed by atoms with Crippen molar-refractivity contribution in [3.05, 3.63) is 0 Å². The van der Waals surface area contributed by atoms with E-state index in [4.69, 9.17) is 5.73 Å². The largest absolute Gasteiger partial charge is 0.354 e. The molecule has 4 amide bonds. The first-order valence-electron chi connectivity index (χ1n) is 7.06. The molecule has 21 heavy (non-hydrogen) atoms. The van der Waals surface area contributed by atoms with Crippen molar-refractivity contribution in [1.29, 1.82) is 0 Å². The van der Waals surface area contributed by atoms with Crippen molar-refractivity contribution in [3.8, 4) is 0 Å². The highest BCUT2D eigenvalue weighted by molar-refractivity contribution is 6.01. The Morgan fingerprint density at radius 3 is 2.76 bits per heavy atom. The van der Waals surface area contributed by atoms with E-state index in [-0.39, 0.29) is 49.8 Å². The summed E-state index contributed by atoms with van der Waals surface area (Å²) in [5.41, 5.74) is 5.70. The Bertz CT molecular complexity index is 412. The van der Waals surface area contributed by atoms with Gasteiger partial charge in [0.2, 0.25) is 11.8 Å². The van der Waals surface area contributed by atoms with Crippen LogP contribution in [0.4, 0.5) is 4.79 Å². The SMILES string of the molecule is CC1(N)CCCCC1C(=O)NCCN1C(=O)CNC1=O.Cl. The van der Waals surface area contributed by atoms with E-state index in [0.29, 0.717) is 0 Å². The number of nitrogens with two attached hydrogens (primary N) is 1. The second-order valence-electron chi connectivity index (χ2n) is 5.80. The fraction of sp³-hybridized carbons (Fsp3) is 0.769. The lowest BCUT2D eigenvalue weighted by Gasteiger charge is -2.37. The van der Waals surface area contributed by atoms with Crippen LogP contribution in [-0.2, 0) is 9.59 Å². The fourth-order valence-electron chi connectivity index (χ4n) is 2.88. The van der Waals surface area contributed by atoms with Crippen LogP contribution in [0.3, 0.4) is 0 Å². The minimum absolute atomic E-state index is 0. The van der Waals surface area contributed by atoms with Gasteiger partial charge in [-0.25, -0.2) is 4.79 Å². The summed E-state index contributed by atoms with van der Waals surface area (Å²) in [6.45, 7) is 2.42. The van der Waals surface area contributed by atoms with Gasteiger partial charge in [0, 0.05) is 18.6 Å². The van der Waals surface area contributed by atoms with Gasteiger partial charge >= 0.3 is 6.03 Å². The summed E-state index contributed by atoms with van der Waals surface area (Å²) in [5, 5.41) is 5.22. The van der Waals surface area contributed by atoms with Crippen molar-refractivity contribution >= 4 is 30.3 Å². The zero-order chi connectivity index (χ0) is 14.8. The predicted octanol–water partition coefficient (Wildman–Crippen LogP) is -0.0162. The number of nitrogens with one attached hydrogen (secondary N) is 2. The zero-order valence-electron chi connectivity index (χ0n) is 12.2. The van der Waals surface area contributed by atoms with Crippen LogP contribution < -0.4 is 16.4 Å². The maximum atomic E-state index is 12.2. The Hall–Kier alpha value is -1.34. The first kappa shape index (κ1) is 17.7. The molecule has 2 unspecified atom stereocenters. The average molecular weight is 319 g/mol. The van der Waals surface area contributed by atoms with Gasteiger partial charge in [-0.2, -0.15) is 0 Å². The van der Waals surface area contributed by atoms with Crippen LogP contribution in [0.25, 0.3) is 0 Å². The van der Waals surface area contributed by atoms with Gasteiger partial charge in [-0.3, -0.25) is 14.5 Å². The monoisotopic (exact) mass is 318 g/mol. The molecule has 0 bridgehead atoms. The summed E-state index contributed by atoms with van der Waals surface area (Å²) in [6.07, 6.45) is 3.71. The molecule has 120 valence electrons. The topological polar surface area (TPSA) is 105 Å². The molecule has 0 aromatic rings. The number of carbonyl (C=O) groups excluding carboxylic acids is 3. The van der Waals surface area contributed by atoms with Gasteiger partial charge in [0.25, 0.3) is 0 Å². The van der Waals surface area contributed by atoms with E-state index >= 15 is 0 Å². The summed E-state index contributed by atoms with van der Waals surface area (Å²) in [6, 6.07) is -0.398. The normalized spacial score (nSPS) is 28.9. The minimum Gasteiger partial charge on any atom is -0.354 e. The molecule has 8 heteroatoms. The van der Waals surface area contributed by atoms with Crippen LogP contribution in [0, 0.1) is 5.92 Å². The highest BCUT2D eigenvalue weighted by atomic mass is 35.5. The van der Waals surface area contributed by atoms with E-state index < -0.39 is 11.6 Å². The minimum atomic E-state index is -0.469. The lowest BCUT2D eigenvalue weighted by atomic mass is 9.74. The maximum absolute atomic E-state index is 12.2. The summed E-state index contributed by atoms with van der Waals surface area (Å²) in [7, 11) is 0.